The van der Waals surface area contributed by atoms with Gasteiger partial charge in [0.25, 0.3) is 0 Å². The molecule has 0 aliphatic carbocycles. The van der Waals surface area contributed by atoms with Gasteiger partial charge in [-0.3, -0.25) is 0 Å². The van der Waals surface area contributed by atoms with Gasteiger partial charge in [0, 0.05) is 25.9 Å². The van der Waals surface area contributed by atoms with Crippen LogP contribution in [0.4, 0.5) is 0 Å². The smallest absolute Gasteiger partial charge is 0.374 e. The average molecular weight is 532 g/mol. The Morgan fingerprint density at radius 3 is 1.06 bits per heavy atom. The van der Waals surface area contributed by atoms with Crippen LogP contribution in [0.5, 0.6) is 0 Å². The van der Waals surface area contributed by atoms with Crippen molar-refractivity contribution in [3.63, 3.8) is 0 Å². The van der Waals surface area contributed by atoms with Crippen LogP contribution in [-0.2, 0) is 13.3 Å². The Bertz CT molecular complexity index is 436. The summed E-state index contributed by atoms with van der Waals surface area (Å²) < 4.78 is 19.3. The molecular formula is C29H65N3O3Si. The van der Waals surface area contributed by atoms with Crippen LogP contribution in [0.2, 0.25) is 6.04 Å². The summed E-state index contributed by atoms with van der Waals surface area (Å²) in [6.07, 6.45) is 11.0. The molecule has 0 amide bonds. The van der Waals surface area contributed by atoms with Crippen LogP contribution < -0.4 is 0 Å². The molecule has 0 aromatic rings. The van der Waals surface area contributed by atoms with E-state index in [1.807, 2.05) is 0 Å². The van der Waals surface area contributed by atoms with Crippen molar-refractivity contribution in [2.75, 3.05) is 80.2 Å². The van der Waals surface area contributed by atoms with Crippen molar-refractivity contribution in [2.24, 2.45) is 5.41 Å². The zero-order chi connectivity index (χ0) is 27.3. The molecule has 0 heterocycles. The summed E-state index contributed by atoms with van der Waals surface area (Å²) in [6.45, 7) is 22.0. The number of rotatable bonds is 26. The second-order valence-electron chi connectivity index (χ2n) is 10.9. The molecule has 0 bridgehead atoms. The molecule has 0 saturated carbocycles. The third-order valence-electron chi connectivity index (χ3n) is 7.24. The maximum Gasteiger partial charge on any atom is 0.501 e. The van der Waals surface area contributed by atoms with Crippen LogP contribution >= 0.6 is 0 Å². The van der Waals surface area contributed by atoms with E-state index in [-0.39, 0.29) is 5.41 Å². The lowest BCUT2D eigenvalue weighted by molar-refractivity contribution is 0.0512. The third kappa shape index (κ3) is 16.1. The summed E-state index contributed by atoms with van der Waals surface area (Å²) in [4.78, 5) is 7.48. The fourth-order valence-electron chi connectivity index (χ4n) is 5.69. The van der Waals surface area contributed by atoms with Crippen LogP contribution in [0.15, 0.2) is 0 Å². The van der Waals surface area contributed by atoms with Crippen molar-refractivity contribution in [1.82, 2.24) is 14.7 Å². The van der Waals surface area contributed by atoms with E-state index in [4.69, 9.17) is 13.3 Å². The van der Waals surface area contributed by atoms with Crippen molar-refractivity contribution in [3.8, 4) is 0 Å². The highest BCUT2D eigenvalue weighted by Gasteiger charge is 2.48. The van der Waals surface area contributed by atoms with E-state index in [2.05, 4.69) is 77.4 Å². The quantitative estimate of drug-likeness (QED) is 0.120. The van der Waals surface area contributed by atoms with E-state index in [1.165, 1.54) is 77.4 Å². The highest BCUT2D eigenvalue weighted by Crippen LogP contribution is 2.44. The van der Waals surface area contributed by atoms with Gasteiger partial charge in [0.2, 0.25) is 0 Å². The van der Waals surface area contributed by atoms with Crippen molar-refractivity contribution in [2.45, 2.75) is 105 Å². The maximum atomic E-state index is 6.43. The third-order valence-corrected chi connectivity index (χ3v) is 10.6. The molecule has 0 unspecified atom stereocenters. The van der Waals surface area contributed by atoms with E-state index < -0.39 is 8.80 Å². The lowest BCUT2D eigenvalue weighted by Crippen LogP contribution is -2.50. The lowest BCUT2D eigenvalue weighted by Gasteiger charge is -2.41. The summed E-state index contributed by atoms with van der Waals surface area (Å²) in [5.74, 6) is 0. The molecule has 0 radical (unpaired) electrons. The highest BCUT2D eigenvalue weighted by atomic mass is 28.4. The molecule has 0 aromatic heterocycles. The average Bonchev–Trinajstić information content (AvgIpc) is 2.80. The van der Waals surface area contributed by atoms with Crippen LogP contribution in [0.1, 0.15) is 99.3 Å². The normalized spacial score (nSPS) is 13.0. The first-order valence-electron chi connectivity index (χ1n) is 15.2. The monoisotopic (exact) mass is 531 g/mol. The summed E-state index contributed by atoms with van der Waals surface area (Å²) in [5.41, 5.74) is 0.193. The van der Waals surface area contributed by atoms with Gasteiger partial charge in [-0.05, 0) is 144 Å². The molecule has 7 heteroatoms. The van der Waals surface area contributed by atoms with Gasteiger partial charge in [-0.2, -0.15) is 0 Å². The molecule has 0 aromatic carbocycles. The molecule has 0 aliphatic heterocycles. The molecule has 0 saturated heterocycles. The second-order valence-corrected chi connectivity index (χ2v) is 13.5. The molecule has 6 nitrogen and oxygen atoms in total. The minimum atomic E-state index is -2.75. The van der Waals surface area contributed by atoms with E-state index in [0.717, 1.165) is 25.7 Å². The Balaban J connectivity index is 5.90. The first-order chi connectivity index (χ1) is 17.3. The Labute approximate surface area is 227 Å². The van der Waals surface area contributed by atoms with Crippen LogP contribution in [0, 0.1) is 5.41 Å². The molecule has 36 heavy (non-hydrogen) atoms. The standard InChI is InChI=1S/C29H65N3O3Si/c1-10-22-30(7)25-16-19-29(20-17-26-31(8)23-11-2,21-18-27-32(9)24-12-3)28-36(33-13-4,34-14-5)35-15-6/h10-28H2,1-9H3. The van der Waals surface area contributed by atoms with Gasteiger partial charge in [0.05, 0.1) is 0 Å². The topological polar surface area (TPSA) is 37.4 Å². The minimum Gasteiger partial charge on any atom is -0.374 e. The Morgan fingerprint density at radius 2 is 0.806 bits per heavy atom. The predicted octanol–water partition coefficient (Wildman–Crippen LogP) is 6.39. The lowest BCUT2D eigenvalue weighted by atomic mass is 9.76. The van der Waals surface area contributed by atoms with E-state index in [9.17, 15) is 0 Å². The molecule has 0 rings (SSSR count). The second kappa shape index (κ2) is 21.9. The molecule has 218 valence electrons. The SMILES string of the molecule is CCCN(C)CCCC(CCCN(C)CCC)(CCCN(C)CCC)C[Si](OCC)(OCC)OCC. The van der Waals surface area contributed by atoms with Gasteiger partial charge in [0.15, 0.2) is 0 Å². The number of nitrogens with zero attached hydrogens (tertiary/aromatic N) is 3. The van der Waals surface area contributed by atoms with Crippen LogP contribution in [0.3, 0.4) is 0 Å². The fourth-order valence-corrected chi connectivity index (χ4v) is 9.01. The Hall–Kier alpha value is -0.0231. The molecule has 0 atom stereocenters. The first-order valence-corrected chi connectivity index (χ1v) is 17.2. The summed E-state index contributed by atoms with van der Waals surface area (Å²) >= 11 is 0. The van der Waals surface area contributed by atoms with Crippen molar-refractivity contribution in [1.29, 1.82) is 0 Å². The van der Waals surface area contributed by atoms with E-state index >= 15 is 0 Å². The van der Waals surface area contributed by atoms with E-state index in [0.29, 0.717) is 19.8 Å². The highest BCUT2D eigenvalue weighted by molar-refractivity contribution is 6.60. The predicted molar refractivity (Wildman–Crippen MR) is 159 cm³/mol. The molecular weight excluding hydrogens is 466 g/mol. The molecule has 0 spiro atoms. The van der Waals surface area contributed by atoms with Gasteiger partial charge < -0.3 is 28.0 Å². The summed E-state index contributed by atoms with van der Waals surface area (Å²) in [7, 11) is 4.06. The number of hydrogen-bond acceptors (Lipinski definition) is 6. The largest absolute Gasteiger partial charge is 0.501 e. The van der Waals surface area contributed by atoms with Crippen LogP contribution in [0.25, 0.3) is 0 Å². The fraction of sp³-hybridized carbons (Fsp3) is 1.00. The van der Waals surface area contributed by atoms with Gasteiger partial charge in [-0.1, -0.05) is 20.8 Å². The molecule has 0 aliphatic rings. The zero-order valence-electron chi connectivity index (χ0n) is 26.0. The maximum absolute atomic E-state index is 6.43. The Morgan fingerprint density at radius 1 is 0.500 bits per heavy atom. The van der Waals surface area contributed by atoms with Gasteiger partial charge >= 0.3 is 8.80 Å². The van der Waals surface area contributed by atoms with Crippen molar-refractivity contribution < 1.29 is 13.3 Å². The van der Waals surface area contributed by atoms with Crippen molar-refractivity contribution >= 4 is 8.80 Å². The zero-order valence-corrected chi connectivity index (χ0v) is 27.0. The van der Waals surface area contributed by atoms with E-state index in [1.54, 1.807) is 0 Å². The van der Waals surface area contributed by atoms with Gasteiger partial charge in [0.1, 0.15) is 0 Å². The summed E-state index contributed by atoms with van der Waals surface area (Å²) in [5, 5.41) is 0. The number of hydrogen-bond donors (Lipinski definition) is 0. The minimum absolute atomic E-state index is 0.193. The van der Waals surface area contributed by atoms with Crippen molar-refractivity contribution in [3.05, 3.63) is 0 Å². The molecule has 0 N–H and O–H groups in total. The molecule has 0 fully saturated rings. The summed E-state index contributed by atoms with van der Waals surface area (Å²) in [6, 6.07) is 0.946. The van der Waals surface area contributed by atoms with Crippen LogP contribution in [-0.4, -0.2) is 104 Å². The Kier molecular flexibility index (Phi) is 21.8. The van der Waals surface area contributed by atoms with Gasteiger partial charge in [-0.25, -0.2) is 0 Å². The van der Waals surface area contributed by atoms with Gasteiger partial charge in [-0.15, -0.1) is 0 Å². The first kappa shape index (κ1) is 36.0.